The average Bonchev–Trinajstić information content (AvgIpc) is 3.11. The fraction of sp³-hybridized carbons (Fsp3) is 0.857. The maximum absolute atomic E-state index is 12.0. The summed E-state index contributed by atoms with van der Waals surface area (Å²) in [6, 6.07) is 0. The molecular formula is C14H27IN4O2. The summed E-state index contributed by atoms with van der Waals surface area (Å²) in [5, 5.41) is 3.19. The van der Waals surface area contributed by atoms with Gasteiger partial charge in [0.1, 0.15) is 0 Å². The Kier molecular flexibility index (Phi) is 8.31. The Hall–Kier alpha value is -0.570. The molecule has 7 heteroatoms. The lowest BCUT2D eigenvalue weighted by Crippen LogP contribution is -2.45. The Labute approximate surface area is 144 Å². The second-order valence-electron chi connectivity index (χ2n) is 5.54. The largest absolute Gasteiger partial charge is 0.384 e. The number of carbonyl (C=O) groups is 1. The van der Waals surface area contributed by atoms with E-state index in [2.05, 4.69) is 15.2 Å². The van der Waals surface area contributed by atoms with E-state index >= 15 is 0 Å². The Morgan fingerprint density at radius 2 is 2.00 bits per heavy atom. The van der Waals surface area contributed by atoms with Crippen LogP contribution in [-0.4, -0.2) is 75.2 Å². The van der Waals surface area contributed by atoms with Crippen LogP contribution >= 0.6 is 24.0 Å². The van der Waals surface area contributed by atoms with Gasteiger partial charge in [0.2, 0.25) is 5.91 Å². The summed E-state index contributed by atoms with van der Waals surface area (Å²) in [6.07, 6.45) is 3.38. The van der Waals surface area contributed by atoms with Gasteiger partial charge in [0.25, 0.3) is 0 Å². The number of ether oxygens (including phenoxy) is 1. The molecule has 0 bridgehead atoms. The topological polar surface area (TPSA) is 57.2 Å². The second kappa shape index (κ2) is 9.45. The molecule has 0 aromatic heterocycles. The van der Waals surface area contributed by atoms with E-state index in [-0.39, 0.29) is 29.9 Å². The first-order valence-electron chi connectivity index (χ1n) is 7.47. The number of methoxy groups -OCH3 is 1. The third-order valence-corrected chi connectivity index (χ3v) is 4.06. The van der Waals surface area contributed by atoms with E-state index in [4.69, 9.17) is 4.74 Å². The molecule has 1 N–H and O–H groups in total. The maximum Gasteiger partial charge on any atom is 0.241 e. The molecule has 2 aliphatic heterocycles. The van der Waals surface area contributed by atoms with Crippen molar-refractivity contribution in [2.24, 2.45) is 10.9 Å². The molecule has 2 fully saturated rings. The Bertz CT molecular complexity index is 359. The normalized spacial score (nSPS) is 22.4. The smallest absolute Gasteiger partial charge is 0.241 e. The SMILES string of the molecule is CN=C(NCC(=O)N1CCCC1)N1CCC(COC)C1.I. The van der Waals surface area contributed by atoms with Gasteiger partial charge in [-0.1, -0.05) is 0 Å². The van der Waals surface area contributed by atoms with Gasteiger partial charge in [-0.25, -0.2) is 0 Å². The zero-order valence-corrected chi connectivity index (χ0v) is 15.3. The molecule has 0 saturated carbocycles. The molecule has 1 unspecified atom stereocenters. The molecule has 2 saturated heterocycles. The van der Waals surface area contributed by atoms with E-state index in [1.165, 1.54) is 0 Å². The summed E-state index contributed by atoms with van der Waals surface area (Å²) in [6.45, 7) is 4.87. The van der Waals surface area contributed by atoms with Gasteiger partial charge in [-0.3, -0.25) is 9.79 Å². The van der Waals surface area contributed by atoms with Gasteiger partial charge in [0.15, 0.2) is 5.96 Å². The minimum absolute atomic E-state index is 0. The summed E-state index contributed by atoms with van der Waals surface area (Å²) in [4.78, 5) is 20.4. The fourth-order valence-electron chi connectivity index (χ4n) is 2.96. The Balaban J connectivity index is 0.00000220. The summed E-state index contributed by atoms with van der Waals surface area (Å²) < 4.78 is 5.21. The monoisotopic (exact) mass is 410 g/mol. The molecule has 2 aliphatic rings. The van der Waals surface area contributed by atoms with Crippen molar-refractivity contribution in [3.63, 3.8) is 0 Å². The molecule has 0 aliphatic carbocycles. The summed E-state index contributed by atoms with van der Waals surface area (Å²) in [5.41, 5.74) is 0. The van der Waals surface area contributed by atoms with Gasteiger partial charge in [0, 0.05) is 46.3 Å². The van der Waals surface area contributed by atoms with Crippen LogP contribution in [-0.2, 0) is 9.53 Å². The number of nitrogens with one attached hydrogen (secondary N) is 1. The highest BCUT2D eigenvalue weighted by atomic mass is 127. The minimum Gasteiger partial charge on any atom is -0.384 e. The number of hydrogen-bond donors (Lipinski definition) is 1. The third-order valence-electron chi connectivity index (χ3n) is 4.06. The molecule has 0 spiro atoms. The van der Waals surface area contributed by atoms with Crippen molar-refractivity contribution in [2.75, 3.05) is 53.5 Å². The van der Waals surface area contributed by atoms with Crippen molar-refractivity contribution in [3.8, 4) is 0 Å². The highest BCUT2D eigenvalue weighted by molar-refractivity contribution is 14.0. The molecule has 2 rings (SSSR count). The number of halogens is 1. The van der Waals surface area contributed by atoms with Crippen LogP contribution < -0.4 is 5.32 Å². The molecule has 1 amide bonds. The quantitative estimate of drug-likeness (QED) is 0.423. The Morgan fingerprint density at radius 1 is 1.29 bits per heavy atom. The number of amides is 1. The zero-order valence-electron chi connectivity index (χ0n) is 13.0. The molecular weight excluding hydrogens is 383 g/mol. The number of likely N-dealkylation sites (tertiary alicyclic amines) is 2. The van der Waals surface area contributed by atoms with Gasteiger partial charge in [-0.15, -0.1) is 24.0 Å². The Morgan fingerprint density at radius 3 is 2.62 bits per heavy atom. The summed E-state index contributed by atoms with van der Waals surface area (Å²) >= 11 is 0. The van der Waals surface area contributed by atoms with Crippen LogP contribution in [0.5, 0.6) is 0 Å². The van der Waals surface area contributed by atoms with Gasteiger partial charge in [0.05, 0.1) is 13.2 Å². The van der Waals surface area contributed by atoms with Crippen LogP contribution in [0.4, 0.5) is 0 Å². The van der Waals surface area contributed by atoms with Crippen LogP contribution in [0.1, 0.15) is 19.3 Å². The first kappa shape index (κ1) is 18.5. The molecule has 122 valence electrons. The van der Waals surface area contributed by atoms with E-state index in [0.717, 1.165) is 58.0 Å². The van der Waals surface area contributed by atoms with Gasteiger partial charge < -0.3 is 19.9 Å². The van der Waals surface area contributed by atoms with Gasteiger partial charge in [-0.05, 0) is 19.3 Å². The number of carbonyl (C=O) groups excluding carboxylic acids is 1. The van der Waals surface area contributed by atoms with E-state index in [1.54, 1.807) is 14.2 Å². The zero-order chi connectivity index (χ0) is 14.4. The van der Waals surface area contributed by atoms with Gasteiger partial charge in [-0.2, -0.15) is 0 Å². The van der Waals surface area contributed by atoms with Crippen LogP contribution in [0.15, 0.2) is 4.99 Å². The molecule has 6 nitrogen and oxygen atoms in total. The van der Waals surface area contributed by atoms with Crippen molar-refractivity contribution in [2.45, 2.75) is 19.3 Å². The van der Waals surface area contributed by atoms with E-state index in [0.29, 0.717) is 12.5 Å². The van der Waals surface area contributed by atoms with Crippen molar-refractivity contribution in [1.29, 1.82) is 0 Å². The van der Waals surface area contributed by atoms with Crippen LogP contribution in [0.3, 0.4) is 0 Å². The van der Waals surface area contributed by atoms with E-state index in [9.17, 15) is 4.79 Å². The highest BCUT2D eigenvalue weighted by Gasteiger charge is 2.25. The summed E-state index contributed by atoms with van der Waals surface area (Å²) in [5.74, 6) is 1.57. The van der Waals surface area contributed by atoms with Crippen molar-refractivity contribution in [1.82, 2.24) is 15.1 Å². The number of guanidine groups is 1. The first-order valence-corrected chi connectivity index (χ1v) is 7.47. The van der Waals surface area contributed by atoms with Crippen LogP contribution in [0.2, 0.25) is 0 Å². The number of aliphatic imine (C=N–C) groups is 1. The van der Waals surface area contributed by atoms with Gasteiger partial charge >= 0.3 is 0 Å². The predicted octanol–water partition coefficient (Wildman–Crippen LogP) is 0.770. The van der Waals surface area contributed by atoms with E-state index < -0.39 is 0 Å². The first-order chi connectivity index (χ1) is 9.74. The molecule has 21 heavy (non-hydrogen) atoms. The maximum atomic E-state index is 12.0. The number of hydrogen-bond acceptors (Lipinski definition) is 3. The molecule has 0 radical (unpaired) electrons. The molecule has 0 aromatic rings. The van der Waals surface area contributed by atoms with Crippen molar-refractivity contribution >= 4 is 35.8 Å². The average molecular weight is 410 g/mol. The van der Waals surface area contributed by atoms with Crippen molar-refractivity contribution in [3.05, 3.63) is 0 Å². The highest BCUT2D eigenvalue weighted by Crippen LogP contribution is 2.16. The minimum atomic E-state index is 0. The summed E-state index contributed by atoms with van der Waals surface area (Å²) in [7, 11) is 3.51. The van der Waals surface area contributed by atoms with Crippen LogP contribution in [0, 0.1) is 5.92 Å². The second-order valence-corrected chi connectivity index (χ2v) is 5.54. The fourth-order valence-corrected chi connectivity index (χ4v) is 2.96. The molecule has 2 heterocycles. The lowest BCUT2D eigenvalue weighted by Gasteiger charge is -2.23. The number of nitrogens with zero attached hydrogens (tertiary/aromatic N) is 3. The third kappa shape index (κ3) is 5.28. The molecule has 0 aromatic carbocycles. The van der Waals surface area contributed by atoms with Crippen LogP contribution in [0.25, 0.3) is 0 Å². The van der Waals surface area contributed by atoms with Crippen molar-refractivity contribution < 1.29 is 9.53 Å². The lowest BCUT2D eigenvalue weighted by molar-refractivity contribution is -0.128. The number of rotatable bonds is 4. The standard InChI is InChI=1S/C14H26N4O2.HI/c1-15-14(18-8-5-12(10-18)11-20-2)16-9-13(19)17-6-3-4-7-17;/h12H,3-11H2,1-2H3,(H,15,16);1H. The van der Waals surface area contributed by atoms with E-state index in [1.807, 2.05) is 4.90 Å². The predicted molar refractivity (Wildman–Crippen MR) is 94.1 cm³/mol. The molecule has 1 atom stereocenters. The lowest BCUT2D eigenvalue weighted by atomic mass is 10.1.